The van der Waals surface area contributed by atoms with Crippen LogP contribution in [-0.4, -0.2) is 18.5 Å². The molecule has 100 valence electrons. The van der Waals surface area contributed by atoms with Gasteiger partial charge in [0.05, 0.1) is 0 Å². The van der Waals surface area contributed by atoms with Gasteiger partial charge in [0.1, 0.15) is 0 Å². The lowest BCUT2D eigenvalue weighted by atomic mass is 9.67. The van der Waals surface area contributed by atoms with Crippen LogP contribution in [0.4, 0.5) is 0 Å². The number of hydrogen-bond donors (Lipinski definition) is 2. The van der Waals surface area contributed by atoms with Gasteiger partial charge >= 0.3 is 0 Å². The van der Waals surface area contributed by atoms with E-state index in [2.05, 4.69) is 33.0 Å². The van der Waals surface area contributed by atoms with Crippen LogP contribution in [0.2, 0.25) is 0 Å². The lowest BCUT2D eigenvalue weighted by Crippen LogP contribution is -2.45. The summed E-state index contributed by atoms with van der Waals surface area (Å²) >= 11 is 0. The van der Waals surface area contributed by atoms with Gasteiger partial charge in [0.25, 0.3) is 0 Å². The zero-order chi connectivity index (χ0) is 13.1. The number of amides is 1. The third kappa shape index (κ3) is 3.98. The van der Waals surface area contributed by atoms with Gasteiger partial charge in [0.15, 0.2) is 0 Å². The summed E-state index contributed by atoms with van der Waals surface area (Å²) in [5, 5.41) is 3.06. The molecule has 0 saturated heterocycles. The van der Waals surface area contributed by atoms with E-state index in [-0.39, 0.29) is 17.4 Å². The Morgan fingerprint density at radius 1 is 1.41 bits per heavy atom. The molecule has 0 spiro atoms. The third-order valence-corrected chi connectivity index (χ3v) is 4.34. The van der Waals surface area contributed by atoms with Crippen molar-refractivity contribution in [1.82, 2.24) is 5.32 Å². The molecule has 0 aromatic carbocycles. The molecule has 0 radical (unpaired) electrons. The molecular formula is C14H28N2O. The average Bonchev–Trinajstić information content (AvgIpc) is 2.15. The number of hydrogen-bond acceptors (Lipinski definition) is 2. The molecule has 1 atom stereocenters. The minimum Gasteiger partial charge on any atom is -0.355 e. The van der Waals surface area contributed by atoms with E-state index in [9.17, 15) is 4.79 Å². The van der Waals surface area contributed by atoms with Crippen LogP contribution < -0.4 is 11.1 Å². The van der Waals surface area contributed by atoms with Crippen molar-refractivity contribution in [2.75, 3.05) is 6.54 Å². The molecule has 3 nitrogen and oxygen atoms in total. The van der Waals surface area contributed by atoms with Crippen LogP contribution in [0.25, 0.3) is 0 Å². The van der Waals surface area contributed by atoms with E-state index in [0.717, 1.165) is 6.54 Å². The molecule has 0 bridgehead atoms. The summed E-state index contributed by atoms with van der Waals surface area (Å²) < 4.78 is 0. The number of nitrogens with two attached hydrogens (primary N) is 1. The van der Waals surface area contributed by atoms with E-state index in [0.29, 0.717) is 11.8 Å². The Labute approximate surface area is 106 Å². The van der Waals surface area contributed by atoms with E-state index in [4.69, 9.17) is 5.73 Å². The number of carbonyl (C=O) groups is 1. The molecule has 0 aliphatic heterocycles. The first-order valence-electron chi connectivity index (χ1n) is 6.81. The van der Waals surface area contributed by atoms with Crippen LogP contribution in [0.1, 0.15) is 59.8 Å². The van der Waals surface area contributed by atoms with Crippen LogP contribution in [0, 0.1) is 10.8 Å². The summed E-state index contributed by atoms with van der Waals surface area (Å²) in [5.41, 5.74) is 6.40. The van der Waals surface area contributed by atoms with Crippen molar-refractivity contribution in [1.29, 1.82) is 0 Å². The summed E-state index contributed by atoms with van der Waals surface area (Å²) in [6.07, 6.45) is 5.43. The number of nitrogens with one attached hydrogen (secondary N) is 1. The Hall–Kier alpha value is -0.570. The highest BCUT2D eigenvalue weighted by Gasteiger charge is 2.35. The fourth-order valence-electron chi connectivity index (χ4n) is 2.20. The SMILES string of the molecule is CCC1(CNC(=O)CC(N)C(C)(C)C)CCC1. The van der Waals surface area contributed by atoms with E-state index >= 15 is 0 Å². The van der Waals surface area contributed by atoms with Crippen molar-refractivity contribution in [3.63, 3.8) is 0 Å². The van der Waals surface area contributed by atoms with Crippen LogP contribution >= 0.6 is 0 Å². The smallest absolute Gasteiger partial charge is 0.221 e. The molecule has 17 heavy (non-hydrogen) atoms. The summed E-state index contributed by atoms with van der Waals surface area (Å²) in [7, 11) is 0. The molecule has 1 rings (SSSR count). The number of carbonyl (C=O) groups excluding carboxylic acids is 1. The van der Waals surface area contributed by atoms with Crippen molar-refractivity contribution in [2.24, 2.45) is 16.6 Å². The maximum absolute atomic E-state index is 11.8. The topological polar surface area (TPSA) is 55.1 Å². The molecule has 1 unspecified atom stereocenters. The lowest BCUT2D eigenvalue weighted by molar-refractivity contribution is -0.122. The maximum Gasteiger partial charge on any atom is 0.221 e. The van der Waals surface area contributed by atoms with Crippen molar-refractivity contribution >= 4 is 5.91 Å². The molecule has 0 aromatic rings. The van der Waals surface area contributed by atoms with Crippen molar-refractivity contribution in [3.05, 3.63) is 0 Å². The lowest BCUT2D eigenvalue weighted by Gasteiger charge is -2.41. The summed E-state index contributed by atoms with van der Waals surface area (Å²) in [5.74, 6) is 0.104. The van der Waals surface area contributed by atoms with Crippen LogP contribution in [0.15, 0.2) is 0 Å². The highest BCUT2D eigenvalue weighted by Crippen LogP contribution is 2.43. The van der Waals surface area contributed by atoms with E-state index in [1.165, 1.54) is 25.7 Å². The van der Waals surface area contributed by atoms with Gasteiger partial charge in [0, 0.05) is 19.0 Å². The van der Waals surface area contributed by atoms with Crippen LogP contribution in [0.5, 0.6) is 0 Å². The minimum atomic E-state index is -0.0681. The average molecular weight is 240 g/mol. The Balaban J connectivity index is 2.30. The zero-order valence-electron chi connectivity index (χ0n) is 11.8. The fourth-order valence-corrected chi connectivity index (χ4v) is 2.20. The molecule has 1 amide bonds. The van der Waals surface area contributed by atoms with Gasteiger partial charge in [-0.2, -0.15) is 0 Å². The van der Waals surface area contributed by atoms with Gasteiger partial charge in [-0.25, -0.2) is 0 Å². The molecule has 1 saturated carbocycles. The van der Waals surface area contributed by atoms with E-state index in [1.807, 2.05) is 0 Å². The summed E-state index contributed by atoms with van der Waals surface area (Å²) in [6, 6.07) is -0.0681. The molecule has 3 N–H and O–H groups in total. The fraction of sp³-hybridized carbons (Fsp3) is 0.929. The normalized spacial score (nSPS) is 20.5. The maximum atomic E-state index is 11.8. The second-order valence-electron chi connectivity index (χ2n) is 6.66. The van der Waals surface area contributed by atoms with Crippen molar-refractivity contribution in [2.45, 2.75) is 65.8 Å². The first kappa shape index (κ1) is 14.5. The van der Waals surface area contributed by atoms with Gasteiger partial charge in [-0.1, -0.05) is 34.1 Å². The quantitative estimate of drug-likeness (QED) is 0.775. The minimum absolute atomic E-state index is 0.00372. The van der Waals surface area contributed by atoms with Gasteiger partial charge in [-0.3, -0.25) is 4.79 Å². The van der Waals surface area contributed by atoms with Crippen molar-refractivity contribution < 1.29 is 4.79 Å². The van der Waals surface area contributed by atoms with Gasteiger partial charge in [-0.05, 0) is 30.1 Å². The molecule has 1 aliphatic rings. The zero-order valence-corrected chi connectivity index (χ0v) is 11.8. The molecule has 0 aromatic heterocycles. The van der Waals surface area contributed by atoms with Gasteiger partial charge in [0.2, 0.25) is 5.91 Å². The van der Waals surface area contributed by atoms with Gasteiger partial charge < -0.3 is 11.1 Å². The molecule has 1 fully saturated rings. The van der Waals surface area contributed by atoms with Gasteiger partial charge in [-0.15, -0.1) is 0 Å². The molecule has 1 aliphatic carbocycles. The Morgan fingerprint density at radius 3 is 2.35 bits per heavy atom. The van der Waals surface area contributed by atoms with Crippen LogP contribution in [-0.2, 0) is 4.79 Å². The van der Waals surface area contributed by atoms with E-state index < -0.39 is 0 Å². The Bertz CT molecular complexity index is 258. The predicted octanol–water partition coefficient (Wildman–Crippen LogP) is 2.45. The summed E-state index contributed by atoms with van der Waals surface area (Å²) in [4.78, 5) is 11.8. The first-order chi connectivity index (χ1) is 7.79. The highest BCUT2D eigenvalue weighted by molar-refractivity contribution is 5.76. The second kappa shape index (κ2) is 5.38. The summed E-state index contributed by atoms with van der Waals surface area (Å²) in [6.45, 7) is 9.27. The van der Waals surface area contributed by atoms with Crippen LogP contribution in [0.3, 0.4) is 0 Å². The number of rotatable bonds is 5. The third-order valence-electron chi connectivity index (χ3n) is 4.34. The monoisotopic (exact) mass is 240 g/mol. The van der Waals surface area contributed by atoms with E-state index in [1.54, 1.807) is 0 Å². The second-order valence-corrected chi connectivity index (χ2v) is 6.66. The molecule has 0 heterocycles. The Kier molecular flexibility index (Phi) is 4.59. The molecular weight excluding hydrogens is 212 g/mol. The predicted molar refractivity (Wildman–Crippen MR) is 71.6 cm³/mol. The Morgan fingerprint density at radius 2 is 2.00 bits per heavy atom. The largest absolute Gasteiger partial charge is 0.355 e. The van der Waals surface area contributed by atoms with Crippen molar-refractivity contribution in [3.8, 4) is 0 Å². The first-order valence-corrected chi connectivity index (χ1v) is 6.81. The molecule has 3 heteroatoms. The highest BCUT2D eigenvalue weighted by atomic mass is 16.1. The standard InChI is InChI=1S/C14H28N2O/c1-5-14(7-6-8-14)10-16-12(17)9-11(15)13(2,3)4/h11H,5-10,15H2,1-4H3,(H,16,17).